The minimum absolute atomic E-state index is 0.0252. The van der Waals surface area contributed by atoms with Gasteiger partial charge in [-0.3, -0.25) is 9.59 Å². The average Bonchev–Trinajstić information content (AvgIpc) is 2.78. The van der Waals surface area contributed by atoms with Gasteiger partial charge in [-0.2, -0.15) is 5.10 Å². The molecule has 0 aromatic rings. The molecule has 0 radical (unpaired) electrons. The van der Waals surface area contributed by atoms with Crippen molar-refractivity contribution in [2.75, 3.05) is 20.1 Å². The fourth-order valence-corrected chi connectivity index (χ4v) is 2.35. The zero-order chi connectivity index (χ0) is 12.3. The van der Waals surface area contributed by atoms with Crippen LogP contribution in [0.5, 0.6) is 0 Å². The predicted octanol–water partition coefficient (Wildman–Crippen LogP) is -0.537. The Hall–Kier alpha value is -1.43. The van der Waals surface area contributed by atoms with E-state index in [0.717, 1.165) is 25.9 Å². The first-order chi connectivity index (χ1) is 8.22. The van der Waals surface area contributed by atoms with E-state index in [-0.39, 0.29) is 17.9 Å². The second kappa shape index (κ2) is 5.27. The van der Waals surface area contributed by atoms with E-state index in [9.17, 15) is 9.59 Å². The Morgan fingerprint density at radius 2 is 2.41 bits per heavy atom. The summed E-state index contributed by atoms with van der Waals surface area (Å²) < 4.78 is 0. The Morgan fingerprint density at radius 1 is 1.59 bits per heavy atom. The molecule has 1 saturated heterocycles. The SMILES string of the molecule is CNCC1CCCN1C(=O)C1=NNC(=O)CC1. The van der Waals surface area contributed by atoms with Crippen molar-refractivity contribution < 1.29 is 9.59 Å². The normalized spacial score (nSPS) is 24.5. The van der Waals surface area contributed by atoms with Crippen LogP contribution in [-0.4, -0.2) is 48.6 Å². The van der Waals surface area contributed by atoms with E-state index >= 15 is 0 Å². The molecule has 2 aliphatic heterocycles. The molecule has 6 heteroatoms. The fraction of sp³-hybridized carbons (Fsp3) is 0.727. The van der Waals surface area contributed by atoms with Crippen molar-refractivity contribution in [2.45, 2.75) is 31.7 Å². The third-order valence-electron chi connectivity index (χ3n) is 3.23. The van der Waals surface area contributed by atoms with Gasteiger partial charge in [-0.15, -0.1) is 0 Å². The Morgan fingerprint density at radius 3 is 3.06 bits per heavy atom. The number of rotatable bonds is 3. The van der Waals surface area contributed by atoms with Crippen LogP contribution >= 0.6 is 0 Å². The number of carbonyl (C=O) groups is 2. The Kier molecular flexibility index (Phi) is 3.73. The smallest absolute Gasteiger partial charge is 0.270 e. The molecule has 0 spiro atoms. The van der Waals surface area contributed by atoms with Crippen molar-refractivity contribution in [3.05, 3.63) is 0 Å². The first kappa shape index (κ1) is 12.0. The highest BCUT2D eigenvalue weighted by Gasteiger charge is 2.31. The highest BCUT2D eigenvalue weighted by atomic mass is 16.2. The van der Waals surface area contributed by atoms with E-state index in [0.29, 0.717) is 18.6 Å². The molecule has 0 saturated carbocycles. The highest BCUT2D eigenvalue weighted by molar-refractivity contribution is 6.39. The van der Waals surface area contributed by atoms with Crippen LogP contribution in [0.3, 0.4) is 0 Å². The lowest BCUT2D eigenvalue weighted by atomic mass is 10.1. The number of hydrazone groups is 1. The number of likely N-dealkylation sites (N-methyl/N-ethyl adjacent to an activating group) is 1. The lowest BCUT2D eigenvalue weighted by molar-refractivity contribution is -0.125. The van der Waals surface area contributed by atoms with Gasteiger partial charge in [0.15, 0.2) is 0 Å². The van der Waals surface area contributed by atoms with Gasteiger partial charge in [-0.05, 0) is 19.9 Å². The topological polar surface area (TPSA) is 73.8 Å². The van der Waals surface area contributed by atoms with Crippen LogP contribution in [0, 0.1) is 0 Å². The summed E-state index contributed by atoms with van der Waals surface area (Å²) in [5.74, 6) is -0.141. The van der Waals surface area contributed by atoms with Crippen molar-refractivity contribution >= 4 is 17.5 Å². The summed E-state index contributed by atoms with van der Waals surface area (Å²) in [4.78, 5) is 25.0. The number of hydrogen-bond acceptors (Lipinski definition) is 4. The van der Waals surface area contributed by atoms with Gasteiger partial charge >= 0.3 is 0 Å². The molecule has 0 aromatic heterocycles. The van der Waals surface area contributed by atoms with Gasteiger partial charge in [-0.25, -0.2) is 5.43 Å². The van der Waals surface area contributed by atoms with Gasteiger partial charge in [0.05, 0.1) is 0 Å². The van der Waals surface area contributed by atoms with Crippen molar-refractivity contribution in [1.29, 1.82) is 0 Å². The summed E-state index contributed by atoms with van der Waals surface area (Å²) in [7, 11) is 1.89. The maximum absolute atomic E-state index is 12.2. The summed E-state index contributed by atoms with van der Waals surface area (Å²) >= 11 is 0. The monoisotopic (exact) mass is 238 g/mol. The van der Waals surface area contributed by atoms with Gasteiger partial charge < -0.3 is 10.2 Å². The second-order valence-electron chi connectivity index (χ2n) is 4.45. The van der Waals surface area contributed by atoms with Crippen molar-refractivity contribution in [2.24, 2.45) is 5.10 Å². The zero-order valence-corrected chi connectivity index (χ0v) is 10.0. The van der Waals surface area contributed by atoms with Gasteiger partial charge in [0.2, 0.25) is 5.91 Å². The van der Waals surface area contributed by atoms with Crippen molar-refractivity contribution in [1.82, 2.24) is 15.6 Å². The van der Waals surface area contributed by atoms with E-state index in [2.05, 4.69) is 15.8 Å². The molecular formula is C11H18N4O2. The van der Waals surface area contributed by atoms with Crippen molar-refractivity contribution in [3.8, 4) is 0 Å². The summed E-state index contributed by atoms with van der Waals surface area (Å²) in [6, 6.07) is 0.257. The lowest BCUT2D eigenvalue weighted by Crippen LogP contribution is -2.45. The summed E-state index contributed by atoms with van der Waals surface area (Å²) in [5, 5.41) is 6.96. The van der Waals surface area contributed by atoms with E-state index in [1.54, 1.807) is 0 Å². The predicted molar refractivity (Wildman–Crippen MR) is 63.5 cm³/mol. The minimum Gasteiger partial charge on any atom is -0.333 e. The standard InChI is InChI=1S/C11H18N4O2/c1-12-7-8-3-2-6-15(8)11(17)9-4-5-10(16)14-13-9/h8,12H,2-7H2,1H3,(H,14,16). The minimum atomic E-state index is -0.116. The third-order valence-corrected chi connectivity index (χ3v) is 3.23. The average molecular weight is 238 g/mol. The molecule has 1 unspecified atom stereocenters. The second-order valence-corrected chi connectivity index (χ2v) is 4.45. The van der Waals surface area contributed by atoms with Gasteiger partial charge in [0.1, 0.15) is 5.71 Å². The summed E-state index contributed by atoms with van der Waals surface area (Å²) in [5.41, 5.74) is 2.85. The molecular weight excluding hydrogens is 220 g/mol. The maximum Gasteiger partial charge on any atom is 0.270 e. The molecule has 0 aromatic carbocycles. The fourth-order valence-electron chi connectivity index (χ4n) is 2.35. The molecule has 2 amide bonds. The first-order valence-corrected chi connectivity index (χ1v) is 6.03. The lowest BCUT2D eigenvalue weighted by Gasteiger charge is -2.25. The molecule has 1 fully saturated rings. The van der Waals surface area contributed by atoms with E-state index in [4.69, 9.17) is 0 Å². The maximum atomic E-state index is 12.2. The molecule has 2 N–H and O–H groups in total. The first-order valence-electron chi connectivity index (χ1n) is 6.03. The van der Waals surface area contributed by atoms with Crippen LogP contribution in [-0.2, 0) is 9.59 Å². The van der Waals surface area contributed by atoms with Crippen LogP contribution < -0.4 is 10.7 Å². The molecule has 2 rings (SSSR count). The van der Waals surface area contributed by atoms with E-state index in [1.807, 2.05) is 11.9 Å². The number of amides is 2. The number of nitrogens with zero attached hydrogens (tertiary/aromatic N) is 2. The molecule has 0 bridgehead atoms. The third kappa shape index (κ3) is 2.63. The molecule has 1 atom stereocenters. The molecule has 6 nitrogen and oxygen atoms in total. The Bertz CT molecular complexity index is 353. The van der Waals surface area contributed by atoms with Gasteiger partial charge in [0, 0.05) is 32.0 Å². The van der Waals surface area contributed by atoms with Gasteiger partial charge in [-0.1, -0.05) is 0 Å². The van der Waals surface area contributed by atoms with Crippen LogP contribution in [0.2, 0.25) is 0 Å². The largest absolute Gasteiger partial charge is 0.333 e. The summed E-state index contributed by atoms with van der Waals surface area (Å²) in [6.07, 6.45) is 2.88. The van der Waals surface area contributed by atoms with E-state index < -0.39 is 0 Å². The number of likely N-dealkylation sites (tertiary alicyclic amines) is 1. The molecule has 17 heavy (non-hydrogen) atoms. The molecule has 0 aliphatic carbocycles. The molecule has 2 heterocycles. The number of carbonyl (C=O) groups excluding carboxylic acids is 2. The van der Waals surface area contributed by atoms with E-state index in [1.165, 1.54) is 0 Å². The van der Waals surface area contributed by atoms with Crippen LogP contribution in [0.4, 0.5) is 0 Å². The molecule has 2 aliphatic rings. The highest BCUT2D eigenvalue weighted by Crippen LogP contribution is 2.18. The summed E-state index contributed by atoms with van der Waals surface area (Å²) in [6.45, 7) is 1.60. The van der Waals surface area contributed by atoms with Crippen LogP contribution in [0.15, 0.2) is 5.10 Å². The number of nitrogens with one attached hydrogen (secondary N) is 2. The number of hydrogen-bond donors (Lipinski definition) is 2. The van der Waals surface area contributed by atoms with Crippen LogP contribution in [0.1, 0.15) is 25.7 Å². The molecule has 94 valence electrons. The Balaban J connectivity index is 2.01. The zero-order valence-electron chi connectivity index (χ0n) is 10.0. The Labute approximate surface area is 100 Å². The quantitative estimate of drug-likeness (QED) is 0.693. The van der Waals surface area contributed by atoms with Crippen molar-refractivity contribution in [3.63, 3.8) is 0 Å². The van der Waals surface area contributed by atoms with Gasteiger partial charge in [0.25, 0.3) is 5.91 Å². The van der Waals surface area contributed by atoms with Crippen LogP contribution in [0.25, 0.3) is 0 Å².